The molecule has 186 valence electrons. The van der Waals surface area contributed by atoms with Crippen LogP contribution in [0, 0.1) is 18.3 Å². The van der Waals surface area contributed by atoms with E-state index in [0.717, 1.165) is 55.7 Å². The number of thioether (sulfide) groups is 1. The Labute approximate surface area is 219 Å². The van der Waals surface area contributed by atoms with Crippen LogP contribution in [0.3, 0.4) is 0 Å². The first-order chi connectivity index (χ1) is 17.4. The smallest absolute Gasteiger partial charge is 0.270 e. The van der Waals surface area contributed by atoms with Crippen molar-refractivity contribution >= 4 is 46.1 Å². The van der Waals surface area contributed by atoms with Crippen molar-refractivity contribution in [3.8, 4) is 17.6 Å². The third-order valence-electron chi connectivity index (χ3n) is 6.80. The van der Waals surface area contributed by atoms with Crippen molar-refractivity contribution in [1.82, 2.24) is 9.47 Å². The van der Waals surface area contributed by atoms with E-state index in [9.17, 15) is 14.9 Å². The zero-order valence-corrected chi connectivity index (χ0v) is 21.8. The summed E-state index contributed by atoms with van der Waals surface area (Å²) < 4.78 is 12.8. The molecular weight excluding hydrogens is 496 g/mol. The van der Waals surface area contributed by atoms with Gasteiger partial charge in [-0.2, -0.15) is 5.26 Å². The van der Waals surface area contributed by atoms with Gasteiger partial charge in [0.15, 0.2) is 11.5 Å². The minimum Gasteiger partial charge on any atom is -0.454 e. The number of aromatic nitrogens is 1. The Hall–Kier alpha value is -3.29. The van der Waals surface area contributed by atoms with E-state index >= 15 is 0 Å². The highest BCUT2D eigenvalue weighted by molar-refractivity contribution is 8.26. The summed E-state index contributed by atoms with van der Waals surface area (Å²) in [6.45, 7) is 3.93. The summed E-state index contributed by atoms with van der Waals surface area (Å²) in [4.78, 5) is 30.7. The molecule has 36 heavy (non-hydrogen) atoms. The molecule has 1 amide bonds. The molecule has 1 aromatic carbocycles. The third-order valence-corrected chi connectivity index (χ3v) is 8.18. The highest BCUT2D eigenvalue weighted by atomic mass is 32.2. The second-order valence-corrected chi connectivity index (χ2v) is 10.7. The van der Waals surface area contributed by atoms with Gasteiger partial charge in [-0.15, -0.1) is 0 Å². The molecule has 0 bridgehead atoms. The van der Waals surface area contributed by atoms with E-state index in [-0.39, 0.29) is 23.8 Å². The fourth-order valence-corrected chi connectivity index (χ4v) is 6.10. The number of hydrogen-bond acceptors (Lipinski definition) is 8. The fraction of sp³-hybridized carbons (Fsp3) is 0.385. The van der Waals surface area contributed by atoms with Crippen LogP contribution in [0.1, 0.15) is 47.9 Å². The van der Waals surface area contributed by atoms with Crippen LogP contribution in [-0.4, -0.2) is 39.6 Å². The Morgan fingerprint density at radius 1 is 1.14 bits per heavy atom. The molecule has 2 fully saturated rings. The molecule has 5 rings (SSSR count). The molecule has 3 aliphatic rings. The number of pyridine rings is 1. The summed E-state index contributed by atoms with van der Waals surface area (Å²) >= 11 is 6.80. The zero-order chi connectivity index (χ0) is 25.4. The van der Waals surface area contributed by atoms with Gasteiger partial charge >= 0.3 is 0 Å². The van der Waals surface area contributed by atoms with Gasteiger partial charge in [0.1, 0.15) is 21.8 Å². The predicted octanol–water partition coefficient (Wildman–Crippen LogP) is 4.08. The summed E-state index contributed by atoms with van der Waals surface area (Å²) in [5.41, 5.74) is 1.96. The van der Waals surface area contributed by atoms with Crippen molar-refractivity contribution in [3.05, 3.63) is 55.7 Å². The molecular formula is C26H26N4O4S2. The summed E-state index contributed by atoms with van der Waals surface area (Å²) in [5.74, 6) is 1.89. The number of fused-ring (bicyclic) bond motifs is 1. The Balaban J connectivity index is 1.52. The van der Waals surface area contributed by atoms with Crippen LogP contribution in [0.4, 0.5) is 5.82 Å². The minimum atomic E-state index is -0.318. The van der Waals surface area contributed by atoms with Gasteiger partial charge in [-0.05, 0) is 49.1 Å². The van der Waals surface area contributed by atoms with Crippen molar-refractivity contribution < 1.29 is 14.3 Å². The molecule has 0 spiro atoms. The standard InChI is InChI=1S/C26H26N4O4S2/c1-16-18(23(28(2)24(31)19(16)13-27)29-9-5-3-4-6-10-29)12-22-25(32)30(26(35)36-22)14-17-7-8-20-21(11-17)34-15-33-20/h7-8,11-12H,3-6,9-10,14-15H2,1-2H3/b22-12-. The lowest BCUT2D eigenvalue weighted by molar-refractivity contribution is -0.122. The van der Waals surface area contributed by atoms with Crippen molar-refractivity contribution in [2.24, 2.45) is 7.05 Å². The monoisotopic (exact) mass is 522 g/mol. The van der Waals surface area contributed by atoms with Crippen LogP contribution < -0.4 is 19.9 Å². The van der Waals surface area contributed by atoms with Crippen LogP contribution >= 0.6 is 24.0 Å². The topological polar surface area (TPSA) is 87.8 Å². The van der Waals surface area contributed by atoms with Crippen LogP contribution in [-0.2, 0) is 18.4 Å². The van der Waals surface area contributed by atoms with Crippen molar-refractivity contribution in [2.45, 2.75) is 39.2 Å². The molecule has 2 saturated heterocycles. The van der Waals surface area contributed by atoms with Gasteiger partial charge in [-0.3, -0.25) is 19.1 Å². The maximum Gasteiger partial charge on any atom is 0.270 e. The first kappa shape index (κ1) is 24.4. The molecule has 0 unspecified atom stereocenters. The first-order valence-electron chi connectivity index (χ1n) is 11.9. The molecule has 0 N–H and O–H groups in total. The number of carbonyl (C=O) groups excluding carboxylic acids is 1. The van der Waals surface area contributed by atoms with E-state index in [1.807, 2.05) is 18.2 Å². The van der Waals surface area contributed by atoms with E-state index in [1.165, 1.54) is 11.8 Å². The van der Waals surface area contributed by atoms with Crippen LogP contribution in [0.2, 0.25) is 0 Å². The summed E-state index contributed by atoms with van der Waals surface area (Å²) in [5, 5.41) is 9.70. The average Bonchev–Trinajstić information content (AvgIpc) is 3.31. The minimum absolute atomic E-state index is 0.0955. The SMILES string of the molecule is Cc1c(/C=C2\SC(=S)N(Cc3ccc4c(c3)OCO4)C2=O)c(N2CCCCCC2)n(C)c(=O)c1C#N. The number of nitriles is 1. The third kappa shape index (κ3) is 4.38. The zero-order valence-electron chi connectivity index (χ0n) is 20.2. The van der Waals surface area contributed by atoms with Crippen LogP contribution in [0.25, 0.3) is 6.08 Å². The second kappa shape index (κ2) is 9.99. The lowest BCUT2D eigenvalue weighted by Gasteiger charge is -2.28. The molecule has 3 aliphatic heterocycles. The van der Waals surface area contributed by atoms with Gasteiger partial charge in [-0.25, -0.2) is 0 Å². The van der Waals surface area contributed by atoms with Gasteiger partial charge in [0, 0.05) is 25.7 Å². The summed E-state index contributed by atoms with van der Waals surface area (Å²) in [6.07, 6.45) is 6.16. The number of anilines is 1. The number of thiocarbonyl (C=S) groups is 1. The second-order valence-electron chi connectivity index (χ2n) is 9.07. The number of rotatable bonds is 4. The van der Waals surface area contributed by atoms with Gasteiger partial charge in [0.25, 0.3) is 11.5 Å². The molecule has 0 atom stereocenters. The van der Waals surface area contributed by atoms with E-state index in [1.54, 1.807) is 29.5 Å². The van der Waals surface area contributed by atoms with Gasteiger partial charge in [-0.1, -0.05) is 42.9 Å². The fourth-order valence-electron chi connectivity index (χ4n) is 4.87. The van der Waals surface area contributed by atoms with Crippen LogP contribution in [0.5, 0.6) is 11.5 Å². The summed E-state index contributed by atoms with van der Waals surface area (Å²) in [6, 6.07) is 7.64. The van der Waals surface area contributed by atoms with E-state index in [4.69, 9.17) is 21.7 Å². The predicted molar refractivity (Wildman–Crippen MR) is 143 cm³/mol. The summed E-state index contributed by atoms with van der Waals surface area (Å²) in [7, 11) is 1.70. The van der Waals surface area contributed by atoms with Crippen molar-refractivity contribution in [2.75, 3.05) is 24.8 Å². The highest BCUT2D eigenvalue weighted by Gasteiger charge is 2.33. The number of nitrogens with zero attached hydrogens (tertiary/aromatic N) is 4. The lowest BCUT2D eigenvalue weighted by atomic mass is 10.0. The Bertz CT molecular complexity index is 1380. The van der Waals surface area contributed by atoms with Crippen LogP contribution in [0.15, 0.2) is 27.9 Å². The lowest BCUT2D eigenvalue weighted by Crippen LogP contribution is -2.34. The largest absolute Gasteiger partial charge is 0.454 e. The number of hydrogen-bond donors (Lipinski definition) is 0. The average molecular weight is 523 g/mol. The normalized spacial score (nSPS) is 18.6. The van der Waals surface area contributed by atoms with Crippen molar-refractivity contribution in [3.63, 3.8) is 0 Å². The molecule has 1 aromatic heterocycles. The number of benzene rings is 1. The molecule has 0 radical (unpaired) electrons. The molecule has 2 aromatic rings. The quantitative estimate of drug-likeness (QED) is 0.439. The molecule has 0 aliphatic carbocycles. The molecule has 0 saturated carbocycles. The number of amides is 1. The molecule has 4 heterocycles. The van der Waals surface area contributed by atoms with E-state index in [0.29, 0.717) is 32.8 Å². The van der Waals surface area contributed by atoms with Crippen molar-refractivity contribution in [1.29, 1.82) is 5.26 Å². The van der Waals surface area contributed by atoms with E-state index < -0.39 is 0 Å². The number of ether oxygens (including phenoxy) is 2. The van der Waals surface area contributed by atoms with Gasteiger partial charge in [0.2, 0.25) is 6.79 Å². The Morgan fingerprint density at radius 2 is 1.86 bits per heavy atom. The maximum absolute atomic E-state index is 13.5. The van der Waals surface area contributed by atoms with Gasteiger partial charge < -0.3 is 14.4 Å². The number of carbonyl (C=O) groups is 1. The Kier molecular flexibility index (Phi) is 6.77. The molecule has 8 nitrogen and oxygen atoms in total. The Morgan fingerprint density at radius 3 is 2.58 bits per heavy atom. The first-order valence-corrected chi connectivity index (χ1v) is 13.1. The van der Waals surface area contributed by atoms with Gasteiger partial charge in [0.05, 0.1) is 11.4 Å². The maximum atomic E-state index is 13.5. The molecule has 10 heteroatoms. The highest BCUT2D eigenvalue weighted by Crippen LogP contribution is 2.38. The van der Waals surface area contributed by atoms with E-state index in [2.05, 4.69) is 11.0 Å².